The zero-order valence-corrected chi connectivity index (χ0v) is 18.6. The number of carbonyl (C=O) groups is 1. The van der Waals surface area contributed by atoms with E-state index in [9.17, 15) is 10.1 Å². The van der Waals surface area contributed by atoms with Crippen LogP contribution >= 0.6 is 0 Å². The van der Waals surface area contributed by atoms with Crippen molar-refractivity contribution in [2.24, 2.45) is 0 Å². The van der Waals surface area contributed by atoms with Crippen LogP contribution in [0.3, 0.4) is 0 Å². The molecule has 4 rings (SSSR count). The standard InChI is InChI=1S/C28H24N4O/c1-20-13-15-22(16-14-20)21(2)30-28(33)24(18-29)17-25-19-32(26-11-7-4-8-12-26)31-27(25)23-9-5-3-6-10-23/h3-17,19,21H,1-2H3,(H,30,33)/b24-17+. The largest absolute Gasteiger partial charge is 0.345 e. The minimum atomic E-state index is -0.419. The van der Waals surface area contributed by atoms with Crippen molar-refractivity contribution in [3.8, 4) is 23.0 Å². The maximum atomic E-state index is 12.9. The molecule has 0 saturated heterocycles. The molecule has 0 aliphatic heterocycles. The number of amides is 1. The van der Waals surface area contributed by atoms with Crippen LogP contribution < -0.4 is 5.32 Å². The van der Waals surface area contributed by atoms with Gasteiger partial charge in [-0.05, 0) is 37.6 Å². The van der Waals surface area contributed by atoms with E-state index < -0.39 is 5.91 Å². The van der Waals surface area contributed by atoms with Gasteiger partial charge in [-0.15, -0.1) is 0 Å². The number of nitrogens with zero attached hydrogens (tertiary/aromatic N) is 3. The van der Waals surface area contributed by atoms with Gasteiger partial charge in [0, 0.05) is 17.3 Å². The summed E-state index contributed by atoms with van der Waals surface area (Å²) in [6.45, 7) is 3.92. The Morgan fingerprint density at radius 3 is 2.27 bits per heavy atom. The van der Waals surface area contributed by atoms with Crippen LogP contribution in [0.25, 0.3) is 23.0 Å². The summed E-state index contributed by atoms with van der Waals surface area (Å²) in [7, 11) is 0. The van der Waals surface area contributed by atoms with Crippen LogP contribution in [0.15, 0.2) is 96.7 Å². The first-order valence-electron chi connectivity index (χ1n) is 10.7. The summed E-state index contributed by atoms with van der Waals surface area (Å²) in [5, 5.41) is 17.4. The van der Waals surface area contributed by atoms with Gasteiger partial charge >= 0.3 is 0 Å². The second-order valence-electron chi connectivity index (χ2n) is 7.85. The fourth-order valence-electron chi connectivity index (χ4n) is 3.54. The van der Waals surface area contributed by atoms with Gasteiger partial charge < -0.3 is 5.32 Å². The molecule has 162 valence electrons. The van der Waals surface area contributed by atoms with Gasteiger partial charge in [-0.1, -0.05) is 78.4 Å². The Hall–Kier alpha value is -4.43. The Balaban J connectivity index is 1.68. The van der Waals surface area contributed by atoms with E-state index in [1.54, 1.807) is 10.8 Å². The van der Waals surface area contributed by atoms with Crippen molar-refractivity contribution in [3.05, 3.63) is 113 Å². The van der Waals surface area contributed by atoms with Crippen molar-refractivity contribution in [1.29, 1.82) is 5.26 Å². The van der Waals surface area contributed by atoms with Crippen molar-refractivity contribution >= 4 is 12.0 Å². The topological polar surface area (TPSA) is 70.7 Å². The number of carbonyl (C=O) groups excluding carboxylic acids is 1. The van der Waals surface area contributed by atoms with Gasteiger partial charge in [-0.2, -0.15) is 10.4 Å². The SMILES string of the molecule is Cc1ccc(C(C)NC(=O)/C(C#N)=C/c2cn(-c3ccccc3)nc2-c2ccccc2)cc1. The molecule has 5 heteroatoms. The molecule has 1 atom stereocenters. The summed E-state index contributed by atoms with van der Waals surface area (Å²) in [5.74, 6) is -0.419. The van der Waals surface area contributed by atoms with Crippen LogP contribution in [0.4, 0.5) is 0 Å². The molecule has 0 bridgehead atoms. The number of para-hydroxylation sites is 1. The molecule has 0 saturated carbocycles. The summed E-state index contributed by atoms with van der Waals surface area (Å²) in [6.07, 6.45) is 3.44. The van der Waals surface area contributed by atoms with Crippen molar-refractivity contribution < 1.29 is 4.79 Å². The minimum Gasteiger partial charge on any atom is -0.345 e. The van der Waals surface area contributed by atoms with E-state index in [0.29, 0.717) is 11.3 Å². The Labute approximate surface area is 193 Å². The highest BCUT2D eigenvalue weighted by Crippen LogP contribution is 2.26. The van der Waals surface area contributed by atoms with Gasteiger partial charge in [-0.3, -0.25) is 4.79 Å². The summed E-state index contributed by atoms with van der Waals surface area (Å²) in [5.41, 5.74) is 5.35. The van der Waals surface area contributed by atoms with Crippen LogP contribution in [-0.4, -0.2) is 15.7 Å². The third-order valence-electron chi connectivity index (χ3n) is 5.40. The molecule has 5 nitrogen and oxygen atoms in total. The molecule has 0 radical (unpaired) electrons. The van der Waals surface area contributed by atoms with Gasteiger partial charge in [0.2, 0.25) is 0 Å². The minimum absolute atomic E-state index is 0.0266. The number of benzene rings is 3. The summed E-state index contributed by atoms with van der Waals surface area (Å²) in [4.78, 5) is 12.9. The first kappa shape index (κ1) is 21.8. The average molecular weight is 433 g/mol. The van der Waals surface area contributed by atoms with Crippen molar-refractivity contribution in [2.75, 3.05) is 0 Å². The first-order chi connectivity index (χ1) is 16.0. The van der Waals surface area contributed by atoms with E-state index in [2.05, 4.69) is 11.4 Å². The lowest BCUT2D eigenvalue weighted by molar-refractivity contribution is -0.117. The van der Waals surface area contributed by atoms with E-state index in [0.717, 1.165) is 22.4 Å². The van der Waals surface area contributed by atoms with E-state index in [1.165, 1.54) is 0 Å². The molecule has 33 heavy (non-hydrogen) atoms. The molecule has 4 aromatic rings. The fourth-order valence-corrected chi connectivity index (χ4v) is 3.54. The molecule has 3 aromatic carbocycles. The summed E-state index contributed by atoms with van der Waals surface area (Å²) >= 11 is 0. The van der Waals surface area contributed by atoms with Gasteiger partial charge in [0.1, 0.15) is 11.6 Å². The number of aromatic nitrogens is 2. The smallest absolute Gasteiger partial charge is 0.262 e. The Morgan fingerprint density at radius 2 is 1.64 bits per heavy atom. The first-order valence-corrected chi connectivity index (χ1v) is 10.7. The van der Waals surface area contributed by atoms with Gasteiger partial charge in [0.05, 0.1) is 17.4 Å². The van der Waals surface area contributed by atoms with Gasteiger partial charge in [0.25, 0.3) is 5.91 Å². The van der Waals surface area contributed by atoms with Crippen molar-refractivity contribution in [1.82, 2.24) is 15.1 Å². The average Bonchev–Trinajstić information content (AvgIpc) is 3.28. The van der Waals surface area contributed by atoms with Crippen molar-refractivity contribution in [2.45, 2.75) is 19.9 Å². The molecule has 1 unspecified atom stereocenters. The normalized spacial score (nSPS) is 12.1. The molecular weight excluding hydrogens is 408 g/mol. The fraction of sp³-hybridized carbons (Fsp3) is 0.107. The zero-order valence-electron chi connectivity index (χ0n) is 18.6. The summed E-state index contributed by atoms with van der Waals surface area (Å²) in [6, 6.07) is 29.3. The van der Waals surface area contributed by atoms with E-state index in [4.69, 9.17) is 5.10 Å². The number of nitriles is 1. The monoisotopic (exact) mass is 432 g/mol. The predicted molar refractivity (Wildman–Crippen MR) is 130 cm³/mol. The molecule has 1 heterocycles. The molecule has 1 N–H and O–H groups in total. The molecule has 0 aliphatic carbocycles. The highest BCUT2D eigenvalue weighted by molar-refractivity contribution is 6.02. The lowest BCUT2D eigenvalue weighted by Gasteiger charge is -2.14. The van der Waals surface area contributed by atoms with E-state index in [1.807, 2.05) is 105 Å². The summed E-state index contributed by atoms with van der Waals surface area (Å²) < 4.78 is 1.76. The Bertz CT molecular complexity index is 1310. The van der Waals surface area contributed by atoms with Crippen LogP contribution in [0, 0.1) is 18.3 Å². The second-order valence-corrected chi connectivity index (χ2v) is 7.85. The van der Waals surface area contributed by atoms with Gasteiger partial charge in [-0.25, -0.2) is 4.68 Å². The molecule has 0 fully saturated rings. The number of nitrogens with one attached hydrogen (secondary N) is 1. The molecule has 1 aromatic heterocycles. The molecule has 1 amide bonds. The lowest BCUT2D eigenvalue weighted by Crippen LogP contribution is -2.27. The zero-order chi connectivity index (χ0) is 23.2. The van der Waals surface area contributed by atoms with E-state index in [-0.39, 0.29) is 11.6 Å². The maximum absolute atomic E-state index is 12.9. The van der Waals surface area contributed by atoms with Crippen LogP contribution in [0.1, 0.15) is 29.7 Å². The third-order valence-corrected chi connectivity index (χ3v) is 5.40. The highest BCUT2D eigenvalue weighted by Gasteiger charge is 2.17. The number of hydrogen-bond donors (Lipinski definition) is 1. The molecular formula is C28H24N4O. The number of rotatable bonds is 6. The van der Waals surface area contributed by atoms with E-state index >= 15 is 0 Å². The Kier molecular flexibility index (Phi) is 6.47. The van der Waals surface area contributed by atoms with Gasteiger partial charge in [0.15, 0.2) is 0 Å². The molecule has 0 aliphatic rings. The highest BCUT2D eigenvalue weighted by atomic mass is 16.1. The van der Waals surface area contributed by atoms with Crippen LogP contribution in [-0.2, 0) is 4.79 Å². The van der Waals surface area contributed by atoms with Crippen molar-refractivity contribution in [3.63, 3.8) is 0 Å². The second kappa shape index (κ2) is 9.80. The lowest BCUT2D eigenvalue weighted by atomic mass is 10.0. The number of aryl methyl sites for hydroxylation is 1. The molecule has 0 spiro atoms. The Morgan fingerprint density at radius 1 is 1.00 bits per heavy atom. The predicted octanol–water partition coefficient (Wildman–Crippen LogP) is 5.63. The quantitative estimate of drug-likeness (QED) is 0.317. The van der Waals surface area contributed by atoms with Crippen LogP contribution in [0.5, 0.6) is 0 Å². The van der Waals surface area contributed by atoms with Crippen LogP contribution in [0.2, 0.25) is 0 Å². The maximum Gasteiger partial charge on any atom is 0.262 e. The number of hydrogen-bond acceptors (Lipinski definition) is 3. The third kappa shape index (κ3) is 5.08.